The number of amides is 1. The van der Waals surface area contributed by atoms with Gasteiger partial charge in [-0.15, -0.1) is 0 Å². The number of halogens is 2. The lowest BCUT2D eigenvalue weighted by Gasteiger charge is -2.42. The molecule has 0 spiro atoms. The Morgan fingerprint density at radius 3 is 2.22 bits per heavy atom. The second kappa shape index (κ2) is 7.37. The van der Waals surface area contributed by atoms with E-state index in [2.05, 4.69) is 27.7 Å². The average molecular weight is 371 g/mol. The Labute approximate surface area is 157 Å². The molecule has 2 aromatic rings. The number of carbonyl (C=O) groups is 1. The fourth-order valence-electron chi connectivity index (χ4n) is 4.28. The van der Waals surface area contributed by atoms with Crippen LogP contribution in [0.15, 0.2) is 42.5 Å². The number of piperazine rings is 1. The maximum Gasteiger partial charge on any atom is 0.241 e. The summed E-state index contributed by atoms with van der Waals surface area (Å²) in [6.07, 6.45) is 1.32. The maximum atomic E-state index is 13.4. The first-order valence-corrected chi connectivity index (χ1v) is 9.33. The van der Waals surface area contributed by atoms with Crippen molar-refractivity contribution in [1.29, 1.82) is 0 Å². The third-order valence-corrected chi connectivity index (χ3v) is 5.60. The van der Waals surface area contributed by atoms with E-state index in [1.54, 1.807) is 0 Å². The molecule has 0 bridgehead atoms. The summed E-state index contributed by atoms with van der Waals surface area (Å²) in [5.74, 6) is -1.35. The monoisotopic (exact) mass is 371 g/mol. The lowest BCUT2D eigenvalue weighted by Crippen LogP contribution is -2.63. The van der Waals surface area contributed by atoms with E-state index in [0.717, 1.165) is 32.2 Å². The van der Waals surface area contributed by atoms with Crippen molar-refractivity contribution in [3.05, 3.63) is 70.8 Å². The number of fused-ring (bicyclic) bond motifs is 1. The predicted octanol–water partition coefficient (Wildman–Crippen LogP) is 2.02. The highest BCUT2D eigenvalue weighted by molar-refractivity contribution is 5.88. The van der Waals surface area contributed by atoms with Gasteiger partial charge >= 0.3 is 0 Å². The van der Waals surface area contributed by atoms with Gasteiger partial charge < -0.3 is 10.6 Å². The number of hydrogen-bond acceptors (Lipinski definition) is 3. The fourth-order valence-corrected chi connectivity index (χ4v) is 4.28. The van der Waals surface area contributed by atoms with Gasteiger partial charge in [-0.2, -0.15) is 0 Å². The van der Waals surface area contributed by atoms with Crippen molar-refractivity contribution in [3.63, 3.8) is 0 Å². The quantitative estimate of drug-likeness (QED) is 0.864. The van der Waals surface area contributed by atoms with Crippen LogP contribution in [0.25, 0.3) is 0 Å². The summed E-state index contributed by atoms with van der Waals surface area (Å²) in [6, 6.07) is 11.5. The van der Waals surface area contributed by atoms with Gasteiger partial charge in [0.2, 0.25) is 5.91 Å². The molecule has 1 amide bonds. The molecule has 0 radical (unpaired) electrons. The fraction of sp³-hybridized carbons (Fsp3) is 0.381. The van der Waals surface area contributed by atoms with Crippen molar-refractivity contribution < 1.29 is 13.6 Å². The van der Waals surface area contributed by atoms with Crippen LogP contribution in [0.4, 0.5) is 8.78 Å². The Balaban J connectivity index is 1.56. The molecule has 1 fully saturated rings. The lowest BCUT2D eigenvalue weighted by atomic mass is 9.91. The Hall–Kier alpha value is -2.31. The zero-order valence-corrected chi connectivity index (χ0v) is 15.1. The van der Waals surface area contributed by atoms with Gasteiger partial charge in [-0.3, -0.25) is 9.69 Å². The molecule has 1 aliphatic carbocycles. The first-order chi connectivity index (χ1) is 13.1. The number of nitrogens with zero attached hydrogens (tertiary/aromatic N) is 1. The molecule has 0 atom stereocenters. The van der Waals surface area contributed by atoms with Gasteiger partial charge in [-0.1, -0.05) is 24.3 Å². The lowest BCUT2D eigenvalue weighted by molar-refractivity contribution is -0.134. The van der Waals surface area contributed by atoms with E-state index in [9.17, 15) is 13.6 Å². The Kier molecular flexibility index (Phi) is 4.93. The molecule has 2 aromatic carbocycles. The molecule has 1 heterocycles. The van der Waals surface area contributed by atoms with Crippen LogP contribution in [0.1, 0.15) is 16.7 Å². The van der Waals surface area contributed by atoms with Gasteiger partial charge in [0.05, 0.1) is 0 Å². The van der Waals surface area contributed by atoms with Gasteiger partial charge in [0.25, 0.3) is 0 Å². The highest BCUT2D eigenvalue weighted by Gasteiger charge is 2.48. The summed E-state index contributed by atoms with van der Waals surface area (Å²) in [6.45, 7) is 3.41. The number of nitrogens with one attached hydrogen (secondary N) is 2. The molecule has 4 rings (SSSR count). The largest absolute Gasteiger partial charge is 0.350 e. The Bertz CT molecular complexity index is 804. The van der Waals surface area contributed by atoms with Crippen molar-refractivity contribution in [2.75, 3.05) is 26.2 Å². The molecule has 1 aliphatic heterocycles. The average Bonchev–Trinajstić information content (AvgIpc) is 3.07. The molecule has 0 saturated carbocycles. The summed E-state index contributed by atoms with van der Waals surface area (Å²) in [5.41, 5.74) is 2.18. The van der Waals surface area contributed by atoms with Gasteiger partial charge in [-0.25, -0.2) is 8.78 Å². The van der Waals surface area contributed by atoms with Gasteiger partial charge in [0.1, 0.15) is 17.2 Å². The molecule has 0 aromatic heterocycles. The van der Waals surface area contributed by atoms with Gasteiger partial charge in [0, 0.05) is 51.6 Å². The second-order valence-corrected chi connectivity index (χ2v) is 7.35. The van der Waals surface area contributed by atoms with E-state index in [1.165, 1.54) is 23.3 Å². The van der Waals surface area contributed by atoms with E-state index >= 15 is 0 Å². The number of benzene rings is 2. The van der Waals surface area contributed by atoms with Crippen LogP contribution in [0, 0.1) is 11.6 Å². The van der Waals surface area contributed by atoms with Crippen LogP contribution < -0.4 is 10.6 Å². The molecule has 4 nitrogen and oxygen atoms in total. The molecular weight excluding hydrogens is 348 g/mol. The molecule has 27 heavy (non-hydrogen) atoms. The number of hydrogen-bond donors (Lipinski definition) is 2. The smallest absolute Gasteiger partial charge is 0.241 e. The van der Waals surface area contributed by atoms with E-state index in [0.29, 0.717) is 18.4 Å². The molecule has 1 saturated heterocycles. The van der Waals surface area contributed by atoms with Crippen LogP contribution in [0.2, 0.25) is 0 Å². The first kappa shape index (κ1) is 18.1. The minimum atomic E-state index is -0.641. The van der Waals surface area contributed by atoms with Gasteiger partial charge in [-0.05, 0) is 28.8 Å². The number of carbonyl (C=O) groups excluding carboxylic acids is 1. The molecule has 2 N–H and O–H groups in total. The topological polar surface area (TPSA) is 44.4 Å². The van der Waals surface area contributed by atoms with Crippen LogP contribution in [0.5, 0.6) is 0 Å². The number of rotatable bonds is 4. The molecule has 0 unspecified atom stereocenters. The first-order valence-electron chi connectivity index (χ1n) is 9.33. The predicted molar refractivity (Wildman–Crippen MR) is 99.2 cm³/mol. The molecule has 2 aliphatic rings. The standard InChI is InChI=1S/C21H23F2N3O/c22-18-9-15(10-19(23)11-18)14-25-20(27)21(26-7-5-24-6-8-26)12-16-3-1-2-4-17(16)13-21/h1-4,9-11,24H,5-8,12-14H2,(H,25,27). The van der Waals surface area contributed by atoms with Crippen molar-refractivity contribution in [2.24, 2.45) is 0 Å². The van der Waals surface area contributed by atoms with Crippen LogP contribution in [-0.2, 0) is 24.2 Å². The molecule has 142 valence electrons. The van der Waals surface area contributed by atoms with E-state index in [1.807, 2.05) is 12.1 Å². The Morgan fingerprint density at radius 1 is 1.04 bits per heavy atom. The molecular formula is C21H23F2N3O. The van der Waals surface area contributed by atoms with E-state index in [4.69, 9.17) is 0 Å². The summed E-state index contributed by atoms with van der Waals surface area (Å²) in [5, 5.41) is 6.26. The van der Waals surface area contributed by atoms with E-state index in [-0.39, 0.29) is 12.5 Å². The maximum absolute atomic E-state index is 13.4. The highest BCUT2D eigenvalue weighted by atomic mass is 19.1. The Morgan fingerprint density at radius 2 is 1.63 bits per heavy atom. The summed E-state index contributed by atoms with van der Waals surface area (Å²) >= 11 is 0. The minimum Gasteiger partial charge on any atom is -0.350 e. The second-order valence-electron chi connectivity index (χ2n) is 7.35. The van der Waals surface area contributed by atoms with Crippen LogP contribution in [0.3, 0.4) is 0 Å². The van der Waals surface area contributed by atoms with Crippen molar-refractivity contribution in [2.45, 2.75) is 24.9 Å². The van der Waals surface area contributed by atoms with E-state index < -0.39 is 17.2 Å². The summed E-state index contributed by atoms with van der Waals surface area (Å²) in [7, 11) is 0. The zero-order chi connectivity index (χ0) is 18.9. The van der Waals surface area contributed by atoms with Crippen molar-refractivity contribution >= 4 is 5.91 Å². The van der Waals surface area contributed by atoms with Gasteiger partial charge in [0.15, 0.2) is 0 Å². The summed E-state index contributed by atoms with van der Waals surface area (Å²) < 4.78 is 26.9. The normalized spacial score (nSPS) is 18.9. The van der Waals surface area contributed by atoms with Crippen LogP contribution >= 0.6 is 0 Å². The highest BCUT2D eigenvalue weighted by Crippen LogP contribution is 2.35. The van der Waals surface area contributed by atoms with Crippen molar-refractivity contribution in [1.82, 2.24) is 15.5 Å². The van der Waals surface area contributed by atoms with Crippen LogP contribution in [-0.4, -0.2) is 42.5 Å². The third kappa shape index (κ3) is 3.59. The van der Waals surface area contributed by atoms with Crippen molar-refractivity contribution in [3.8, 4) is 0 Å². The SMILES string of the molecule is O=C(NCc1cc(F)cc(F)c1)C1(N2CCNCC2)Cc2ccccc2C1. The third-order valence-electron chi connectivity index (χ3n) is 5.60. The molecule has 6 heteroatoms. The zero-order valence-electron chi connectivity index (χ0n) is 15.1. The minimum absolute atomic E-state index is 0.0785. The summed E-state index contributed by atoms with van der Waals surface area (Å²) in [4.78, 5) is 15.6.